The number of carbonyl (C=O) groups is 1. The van der Waals surface area contributed by atoms with Crippen LogP contribution in [0.25, 0.3) is 0 Å². The van der Waals surface area contributed by atoms with Crippen molar-refractivity contribution in [3.8, 4) is 0 Å². The molecule has 22 heavy (non-hydrogen) atoms. The Morgan fingerprint density at radius 3 is 2.73 bits per heavy atom. The zero-order chi connectivity index (χ0) is 15.7. The largest absolute Gasteiger partial charge is 0.444 e. The second-order valence-electron chi connectivity index (χ2n) is 7.51. The summed E-state index contributed by atoms with van der Waals surface area (Å²) in [7, 11) is 0. The van der Waals surface area contributed by atoms with Crippen molar-refractivity contribution in [2.75, 3.05) is 6.54 Å². The van der Waals surface area contributed by atoms with Gasteiger partial charge in [0.15, 0.2) is 0 Å². The number of ether oxygens (including phenoxy) is 1. The molecule has 1 amide bonds. The fraction of sp³-hybridized carbons (Fsp3) is 0.667. The molecule has 2 heterocycles. The summed E-state index contributed by atoms with van der Waals surface area (Å²) in [4.78, 5) is 18.7. The van der Waals surface area contributed by atoms with E-state index in [1.807, 2.05) is 20.8 Å². The first-order valence-electron chi connectivity index (χ1n) is 8.38. The van der Waals surface area contributed by atoms with Crippen LogP contribution in [0.1, 0.15) is 69.2 Å². The van der Waals surface area contributed by atoms with Gasteiger partial charge in [0.2, 0.25) is 0 Å². The van der Waals surface area contributed by atoms with E-state index in [1.54, 1.807) is 4.90 Å². The number of hydrogen-bond donors (Lipinski definition) is 0. The molecule has 120 valence electrons. The summed E-state index contributed by atoms with van der Waals surface area (Å²) < 4.78 is 5.49. The number of fused-ring (bicyclic) bond motifs is 1. The van der Waals surface area contributed by atoms with E-state index in [2.05, 4.69) is 17.2 Å². The van der Waals surface area contributed by atoms with E-state index in [0.29, 0.717) is 19.0 Å². The highest BCUT2D eigenvalue weighted by atomic mass is 16.6. The Kier molecular flexibility index (Phi) is 4.11. The molecule has 0 spiro atoms. The first-order chi connectivity index (χ1) is 10.4. The molecule has 1 aliphatic heterocycles. The van der Waals surface area contributed by atoms with Crippen LogP contribution in [0, 0.1) is 0 Å². The number of hydrogen-bond acceptors (Lipinski definition) is 3. The number of pyridine rings is 1. The van der Waals surface area contributed by atoms with Gasteiger partial charge in [0.25, 0.3) is 0 Å². The maximum atomic E-state index is 12.2. The molecule has 4 heteroatoms. The predicted molar refractivity (Wildman–Crippen MR) is 85.8 cm³/mol. The summed E-state index contributed by atoms with van der Waals surface area (Å²) in [5.41, 5.74) is 3.24. The SMILES string of the molecule is CC(C)(C)OC(=O)N1CCc2ncc(C3CCCC3)cc2C1. The number of aromatic nitrogens is 1. The van der Waals surface area contributed by atoms with Gasteiger partial charge < -0.3 is 9.64 Å². The van der Waals surface area contributed by atoms with Gasteiger partial charge in [-0.3, -0.25) is 4.98 Å². The molecule has 4 nitrogen and oxygen atoms in total. The summed E-state index contributed by atoms with van der Waals surface area (Å²) in [5, 5.41) is 0. The Hall–Kier alpha value is -1.58. The fourth-order valence-corrected chi connectivity index (χ4v) is 3.41. The highest BCUT2D eigenvalue weighted by Gasteiger charge is 2.27. The average Bonchev–Trinajstić information content (AvgIpc) is 2.98. The molecule has 0 N–H and O–H groups in total. The van der Waals surface area contributed by atoms with Gasteiger partial charge >= 0.3 is 6.09 Å². The quantitative estimate of drug-likeness (QED) is 0.786. The van der Waals surface area contributed by atoms with Crippen molar-refractivity contribution in [2.45, 2.75) is 70.9 Å². The van der Waals surface area contributed by atoms with E-state index in [1.165, 1.54) is 36.8 Å². The lowest BCUT2D eigenvalue weighted by atomic mass is 9.95. The Balaban J connectivity index is 1.73. The number of carbonyl (C=O) groups excluding carboxylic acids is 1. The first kappa shape index (κ1) is 15.3. The molecule has 1 aliphatic carbocycles. The maximum absolute atomic E-state index is 12.2. The summed E-state index contributed by atoms with van der Waals surface area (Å²) in [6.07, 6.45) is 7.85. The van der Waals surface area contributed by atoms with Gasteiger partial charge in [-0.15, -0.1) is 0 Å². The molecular formula is C18H26N2O2. The zero-order valence-electron chi connectivity index (χ0n) is 13.9. The Labute approximate surface area is 132 Å². The average molecular weight is 302 g/mol. The van der Waals surface area contributed by atoms with Gasteiger partial charge in [-0.25, -0.2) is 4.79 Å². The van der Waals surface area contributed by atoms with E-state index < -0.39 is 5.60 Å². The Morgan fingerprint density at radius 1 is 1.32 bits per heavy atom. The molecule has 0 aromatic carbocycles. The summed E-state index contributed by atoms with van der Waals surface area (Å²) >= 11 is 0. The van der Waals surface area contributed by atoms with Crippen molar-refractivity contribution >= 4 is 6.09 Å². The molecule has 1 aromatic heterocycles. The molecule has 0 atom stereocenters. The second kappa shape index (κ2) is 5.90. The van der Waals surface area contributed by atoms with Crippen LogP contribution in [-0.2, 0) is 17.7 Å². The molecule has 2 aliphatic rings. The molecule has 0 saturated heterocycles. The number of amides is 1. The Morgan fingerprint density at radius 2 is 2.05 bits per heavy atom. The van der Waals surface area contributed by atoms with Crippen molar-refractivity contribution in [1.82, 2.24) is 9.88 Å². The lowest BCUT2D eigenvalue weighted by Gasteiger charge is -2.31. The van der Waals surface area contributed by atoms with Crippen molar-refractivity contribution in [1.29, 1.82) is 0 Å². The number of nitrogens with zero attached hydrogens (tertiary/aromatic N) is 2. The minimum absolute atomic E-state index is 0.218. The predicted octanol–water partition coefficient (Wildman–Crippen LogP) is 4.03. The van der Waals surface area contributed by atoms with E-state index in [9.17, 15) is 4.79 Å². The molecule has 3 rings (SSSR count). The molecular weight excluding hydrogens is 276 g/mol. The van der Waals surface area contributed by atoms with Crippen LogP contribution in [0.3, 0.4) is 0 Å². The van der Waals surface area contributed by atoms with Crippen molar-refractivity contribution < 1.29 is 9.53 Å². The smallest absolute Gasteiger partial charge is 0.410 e. The van der Waals surface area contributed by atoms with Gasteiger partial charge in [-0.2, -0.15) is 0 Å². The maximum Gasteiger partial charge on any atom is 0.410 e. The molecule has 1 fully saturated rings. The zero-order valence-corrected chi connectivity index (χ0v) is 13.9. The van der Waals surface area contributed by atoms with Crippen molar-refractivity contribution in [3.63, 3.8) is 0 Å². The van der Waals surface area contributed by atoms with Gasteiger partial charge in [-0.1, -0.05) is 18.9 Å². The molecule has 1 aromatic rings. The van der Waals surface area contributed by atoms with E-state index in [4.69, 9.17) is 4.74 Å². The summed E-state index contributed by atoms with van der Waals surface area (Å²) in [6, 6.07) is 2.27. The van der Waals surface area contributed by atoms with Crippen LogP contribution < -0.4 is 0 Å². The third kappa shape index (κ3) is 3.42. The normalized spacial score (nSPS) is 19.1. The summed E-state index contributed by atoms with van der Waals surface area (Å²) in [5.74, 6) is 0.662. The third-order valence-electron chi connectivity index (χ3n) is 4.54. The van der Waals surface area contributed by atoms with E-state index in [-0.39, 0.29) is 6.09 Å². The second-order valence-corrected chi connectivity index (χ2v) is 7.51. The molecule has 0 bridgehead atoms. The monoisotopic (exact) mass is 302 g/mol. The highest BCUT2D eigenvalue weighted by Crippen LogP contribution is 2.35. The highest BCUT2D eigenvalue weighted by molar-refractivity contribution is 5.68. The van der Waals surface area contributed by atoms with Crippen LogP contribution in [0.4, 0.5) is 4.79 Å². The minimum Gasteiger partial charge on any atom is -0.444 e. The van der Waals surface area contributed by atoms with Crippen LogP contribution in [0.5, 0.6) is 0 Å². The lowest BCUT2D eigenvalue weighted by molar-refractivity contribution is 0.0222. The fourth-order valence-electron chi connectivity index (χ4n) is 3.41. The van der Waals surface area contributed by atoms with E-state index >= 15 is 0 Å². The van der Waals surface area contributed by atoms with Gasteiger partial charge in [0.05, 0.1) is 6.54 Å². The molecule has 0 unspecified atom stereocenters. The van der Waals surface area contributed by atoms with E-state index in [0.717, 1.165) is 12.1 Å². The van der Waals surface area contributed by atoms with Crippen molar-refractivity contribution in [2.24, 2.45) is 0 Å². The standard InChI is InChI=1S/C18H26N2O2/c1-18(2,3)22-17(21)20-9-8-16-15(12-20)10-14(11-19-16)13-6-4-5-7-13/h10-11,13H,4-9,12H2,1-3H3. The number of rotatable bonds is 1. The van der Waals surface area contributed by atoms with Crippen LogP contribution in [0.2, 0.25) is 0 Å². The van der Waals surface area contributed by atoms with Gasteiger partial charge in [0.1, 0.15) is 5.60 Å². The summed E-state index contributed by atoms with van der Waals surface area (Å²) in [6.45, 7) is 7.03. The van der Waals surface area contributed by atoms with Gasteiger partial charge in [-0.05, 0) is 50.7 Å². The first-order valence-corrected chi connectivity index (χ1v) is 8.38. The van der Waals surface area contributed by atoms with Crippen LogP contribution in [-0.4, -0.2) is 28.1 Å². The van der Waals surface area contributed by atoms with Crippen LogP contribution >= 0.6 is 0 Å². The molecule has 0 radical (unpaired) electrons. The molecule has 1 saturated carbocycles. The van der Waals surface area contributed by atoms with Crippen molar-refractivity contribution in [3.05, 3.63) is 29.1 Å². The Bertz CT molecular complexity index is 557. The van der Waals surface area contributed by atoms with Crippen LogP contribution in [0.15, 0.2) is 12.3 Å². The minimum atomic E-state index is -0.443. The van der Waals surface area contributed by atoms with Gasteiger partial charge in [0, 0.05) is 24.9 Å². The topological polar surface area (TPSA) is 42.4 Å². The lowest BCUT2D eigenvalue weighted by Crippen LogP contribution is -2.40. The third-order valence-corrected chi connectivity index (χ3v) is 4.54.